The lowest BCUT2D eigenvalue weighted by Crippen LogP contribution is -2.02. The van der Waals surface area contributed by atoms with E-state index in [1.54, 1.807) is 0 Å². The van der Waals surface area contributed by atoms with E-state index < -0.39 is 0 Å². The Morgan fingerprint density at radius 1 is 1.19 bits per heavy atom. The van der Waals surface area contributed by atoms with Crippen LogP contribution in [0.25, 0.3) is 16.7 Å². The monoisotopic (exact) mass is 295 g/mol. The largest absolute Gasteiger partial charge is 0.296 e. The standard InChI is InChI=1S/C17H14ClN3/c1-12-2-7-16-15(10-12)20-17(8-9-18)21(16)14-5-3-13(11-19)4-6-14/h2-7,10H,8-9H2,1H3. The van der Waals surface area contributed by atoms with Gasteiger partial charge in [-0.05, 0) is 48.9 Å². The van der Waals surface area contributed by atoms with E-state index in [4.69, 9.17) is 21.8 Å². The molecule has 0 radical (unpaired) electrons. The molecule has 0 unspecified atom stereocenters. The van der Waals surface area contributed by atoms with Crippen LogP contribution in [0.1, 0.15) is 17.0 Å². The van der Waals surface area contributed by atoms with Crippen LogP contribution in [0, 0.1) is 18.3 Å². The predicted octanol–water partition coefficient (Wildman–Crippen LogP) is 3.99. The summed E-state index contributed by atoms with van der Waals surface area (Å²) in [6.45, 7) is 2.06. The van der Waals surface area contributed by atoms with Gasteiger partial charge in [-0.2, -0.15) is 5.26 Å². The molecule has 0 aliphatic carbocycles. The summed E-state index contributed by atoms with van der Waals surface area (Å²) < 4.78 is 2.11. The lowest BCUT2D eigenvalue weighted by molar-refractivity contribution is 0.912. The third-order valence-corrected chi connectivity index (χ3v) is 3.64. The van der Waals surface area contributed by atoms with E-state index in [0.29, 0.717) is 17.9 Å². The maximum absolute atomic E-state index is 8.91. The van der Waals surface area contributed by atoms with Crippen molar-refractivity contribution in [3.8, 4) is 11.8 Å². The van der Waals surface area contributed by atoms with Gasteiger partial charge in [0.15, 0.2) is 0 Å². The van der Waals surface area contributed by atoms with E-state index in [2.05, 4.69) is 35.8 Å². The van der Waals surface area contributed by atoms with E-state index in [9.17, 15) is 0 Å². The fourth-order valence-electron chi connectivity index (χ4n) is 2.47. The maximum atomic E-state index is 8.91. The van der Waals surface area contributed by atoms with Gasteiger partial charge < -0.3 is 0 Å². The van der Waals surface area contributed by atoms with Crippen molar-refractivity contribution in [1.29, 1.82) is 5.26 Å². The van der Waals surface area contributed by atoms with Gasteiger partial charge in [0, 0.05) is 18.0 Å². The fourth-order valence-corrected chi connectivity index (χ4v) is 2.63. The number of hydrogen-bond donors (Lipinski definition) is 0. The van der Waals surface area contributed by atoms with E-state index in [0.717, 1.165) is 22.5 Å². The van der Waals surface area contributed by atoms with Crippen LogP contribution in [0.3, 0.4) is 0 Å². The predicted molar refractivity (Wildman–Crippen MR) is 84.9 cm³/mol. The Morgan fingerprint density at radius 2 is 1.95 bits per heavy atom. The number of nitrogens with zero attached hydrogens (tertiary/aromatic N) is 3. The molecule has 2 aromatic carbocycles. The molecule has 104 valence electrons. The van der Waals surface area contributed by atoms with Gasteiger partial charge in [-0.3, -0.25) is 4.57 Å². The molecule has 0 saturated heterocycles. The summed E-state index contributed by atoms with van der Waals surface area (Å²) in [6, 6.07) is 15.9. The first kappa shape index (κ1) is 13.7. The molecule has 0 atom stereocenters. The Bertz CT molecular complexity index is 826. The van der Waals surface area contributed by atoms with E-state index in [1.165, 1.54) is 5.56 Å². The topological polar surface area (TPSA) is 41.6 Å². The quantitative estimate of drug-likeness (QED) is 0.686. The van der Waals surface area contributed by atoms with Crippen molar-refractivity contribution >= 4 is 22.6 Å². The number of alkyl halides is 1. The van der Waals surface area contributed by atoms with E-state index in [1.807, 2.05) is 24.3 Å². The van der Waals surface area contributed by atoms with Crippen molar-refractivity contribution in [1.82, 2.24) is 9.55 Å². The van der Waals surface area contributed by atoms with Crippen molar-refractivity contribution in [3.63, 3.8) is 0 Å². The zero-order valence-electron chi connectivity index (χ0n) is 11.7. The van der Waals surface area contributed by atoms with Crippen molar-refractivity contribution in [2.75, 3.05) is 5.88 Å². The second kappa shape index (κ2) is 5.59. The van der Waals surface area contributed by atoms with Crippen LogP contribution in [0.2, 0.25) is 0 Å². The number of hydrogen-bond acceptors (Lipinski definition) is 2. The highest BCUT2D eigenvalue weighted by Crippen LogP contribution is 2.23. The number of benzene rings is 2. The molecule has 0 aliphatic heterocycles. The minimum absolute atomic E-state index is 0.526. The van der Waals surface area contributed by atoms with Crippen molar-refractivity contribution in [3.05, 3.63) is 59.4 Å². The van der Waals surface area contributed by atoms with Gasteiger partial charge in [0.1, 0.15) is 5.82 Å². The van der Waals surface area contributed by atoms with Gasteiger partial charge in [0.25, 0.3) is 0 Å². The Labute approximate surface area is 128 Å². The van der Waals surface area contributed by atoms with E-state index in [-0.39, 0.29) is 0 Å². The molecule has 0 saturated carbocycles. The van der Waals surface area contributed by atoms with Gasteiger partial charge in [-0.25, -0.2) is 4.98 Å². The number of aryl methyl sites for hydroxylation is 2. The van der Waals surface area contributed by atoms with Gasteiger partial charge in [-0.15, -0.1) is 11.6 Å². The molecule has 0 N–H and O–H groups in total. The van der Waals surface area contributed by atoms with Crippen LogP contribution in [0.4, 0.5) is 0 Å². The molecule has 0 aliphatic rings. The average molecular weight is 296 g/mol. The first-order valence-corrected chi connectivity index (χ1v) is 7.31. The highest BCUT2D eigenvalue weighted by atomic mass is 35.5. The molecule has 0 amide bonds. The van der Waals surface area contributed by atoms with Crippen molar-refractivity contribution in [2.24, 2.45) is 0 Å². The first-order chi connectivity index (χ1) is 10.2. The van der Waals surface area contributed by atoms with Crippen LogP contribution in [0.5, 0.6) is 0 Å². The molecule has 4 heteroatoms. The number of halogens is 1. The van der Waals surface area contributed by atoms with Crippen LogP contribution in [0.15, 0.2) is 42.5 Å². The van der Waals surface area contributed by atoms with Crippen LogP contribution < -0.4 is 0 Å². The molecule has 3 aromatic rings. The fraction of sp³-hybridized carbons (Fsp3) is 0.176. The normalized spacial score (nSPS) is 10.7. The Kier molecular flexibility index (Phi) is 3.64. The number of fused-ring (bicyclic) bond motifs is 1. The zero-order valence-corrected chi connectivity index (χ0v) is 12.4. The van der Waals surface area contributed by atoms with Crippen LogP contribution >= 0.6 is 11.6 Å². The average Bonchev–Trinajstić information content (AvgIpc) is 2.85. The molecular weight excluding hydrogens is 282 g/mol. The maximum Gasteiger partial charge on any atom is 0.115 e. The molecular formula is C17H14ClN3. The highest BCUT2D eigenvalue weighted by Gasteiger charge is 2.12. The molecule has 0 bridgehead atoms. The van der Waals surface area contributed by atoms with Crippen LogP contribution in [-0.2, 0) is 6.42 Å². The molecule has 3 nitrogen and oxygen atoms in total. The first-order valence-electron chi connectivity index (χ1n) is 6.77. The van der Waals surface area contributed by atoms with Gasteiger partial charge in [0.2, 0.25) is 0 Å². The van der Waals surface area contributed by atoms with E-state index >= 15 is 0 Å². The molecule has 3 rings (SSSR count). The minimum atomic E-state index is 0.526. The van der Waals surface area contributed by atoms with Crippen molar-refractivity contribution < 1.29 is 0 Å². The molecule has 1 heterocycles. The summed E-state index contributed by atoms with van der Waals surface area (Å²) in [4.78, 5) is 4.70. The van der Waals surface area contributed by atoms with Crippen molar-refractivity contribution in [2.45, 2.75) is 13.3 Å². The number of rotatable bonds is 3. The summed E-state index contributed by atoms with van der Waals surface area (Å²) in [5.41, 5.74) is 4.87. The third kappa shape index (κ3) is 2.51. The second-order valence-electron chi connectivity index (χ2n) is 4.95. The number of imidazole rings is 1. The third-order valence-electron chi connectivity index (χ3n) is 3.45. The summed E-state index contributed by atoms with van der Waals surface area (Å²) in [6.07, 6.45) is 0.704. The van der Waals surface area contributed by atoms with Crippen LogP contribution in [-0.4, -0.2) is 15.4 Å². The number of aromatic nitrogens is 2. The molecule has 0 fully saturated rings. The minimum Gasteiger partial charge on any atom is -0.296 e. The highest BCUT2D eigenvalue weighted by molar-refractivity contribution is 6.17. The van der Waals surface area contributed by atoms with Gasteiger partial charge in [0.05, 0.1) is 22.7 Å². The smallest absolute Gasteiger partial charge is 0.115 e. The Morgan fingerprint density at radius 3 is 2.62 bits per heavy atom. The van der Waals surface area contributed by atoms with Gasteiger partial charge >= 0.3 is 0 Å². The lowest BCUT2D eigenvalue weighted by atomic mass is 10.2. The Hall–Kier alpha value is -2.31. The summed E-state index contributed by atoms with van der Waals surface area (Å²) in [5.74, 6) is 1.47. The SMILES string of the molecule is Cc1ccc2c(c1)nc(CCCl)n2-c1ccc(C#N)cc1. The molecule has 1 aromatic heterocycles. The summed E-state index contributed by atoms with van der Waals surface area (Å²) in [7, 11) is 0. The second-order valence-corrected chi connectivity index (χ2v) is 5.33. The summed E-state index contributed by atoms with van der Waals surface area (Å²) in [5, 5.41) is 8.91. The summed E-state index contributed by atoms with van der Waals surface area (Å²) >= 11 is 5.91. The number of nitriles is 1. The Balaban J connectivity index is 2.22. The molecule has 0 spiro atoms. The zero-order chi connectivity index (χ0) is 14.8. The molecule has 21 heavy (non-hydrogen) atoms. The van der Waals surface area contributed by atoms with Gasteiger partial charge in [-0.1, -0.05) is 6.07 Å². The lowest BCUT2D eigenvalue weighted by Gasteiger charge is -2.08.